The zero-order valence-corrected chi connectivity index (χ0v) is 19.7. The molecule has 36 heavy (non-hydrogen) atoms. The van der Waals surface area contributed by atoms with Crippen LogP contribution in [0.25, 0.3) is 0 Å². The van der Waals surface area contributed by atoms with E-state index in [-0.39, 0.29) is 32.2 Å². The van der Waals surface area contributed by atoms with Gasteiger partial charge in [-0.05, 0) is 17.5 Å². The third kappa shape index (κ3) is 9.55. The monoisotopic (exact) mass is 497 g/mol. The van der Waals surface area contributed by atoms with Gasteiger partial charge in [0.05, 0.1) is 6.54 Å². The highest BCUT2D eigenvalue weighted by molar-refractivity contribution is 5.94. The number of aliphatic carboxylic acids is 1. The molecule has 0 fully saturated rings. The Morgan fingerprint density at radius 2 is 1.19 bits per heavy atom. The van der Waals surface area contributed by atoms with Crippen molar-refractivity contribution in [1.82, 2.24) is 16.0 Å². The fraction of sp³-hybridized carbons (Fsp3) is 0.320. The molecule has 8 N–H and O–H groups in total. The lowest BCUT2D eigenvalue weighted by Gasteiger charge is -2.24. The molecule has 0 aliphatic heterocycles. The van der Waals surface area contributed by atoms with Crippen LogP contribution in [0, 0.1) is 0 Å². The van der Waals surface area contributed by atoms with Gasteiger partial charge in [0.1, 0.15) is 18.1 Å². The van der Waals surface area contributed by atoms with Crippen LogP contribution in [0.2, 0.25) is 0 Å². The summed E-state index contributed by atoms with van der Waals surface area (Å²) in [5.74, 6) is -3.97. The summed E-state index contributed by atoms with van der Waals surface area (Å²) in [6.45, 7) is -0.381. The minimum atomic E-state index is -1.24. The fourth-order valence-electron chi connectivity index (χ4n) is 3.46. The predicted octanol–water partition coefficient (Wildman–Crippen LogP) is -0.765. The standard InChI is InChI=1S/C25H31N5O6/c26-15-22(32)28-18(11-12-21(27)31)23(33)29-19(13-16-7-3-1-4-8-16)24(34)30-20(25(35)36)14-17-9-5-2-6-10-17/h1-10,18-20H,11-15,26H2,(H2,27,31)(H,28,32)(H,29,33)(H,30,34)(H,35,36). The predicted molar refractivity (Wildman–Crippen MR) is 131 cm³/mol. The number of carbonyl (C=O) groups excluding carboxylic acids is 4. The van der Waals surface area contributed by atoms with Gasteiger partial charge < -0.3 is 32.5 Å². The topological polar surface area (TPSA) is 194 Å². The average Bonchev–Trinajstić information content (AvgIpc) is 2.86. The number of nitrogens with one attached hydrogen (secondary N) is 3. The lowest BCUT2D eigenvalue weighted by atomic mass is 10.0. The van der Waals surface area contributed by atoms with Crippen molar-refractivity contribution in [2.45, 2.75) is 43.8 Å². The van der Waals surface area contributed by atoms with E-state index in [9.17, 15) is 29.1 Å². The Hall–Kier alpha value is -4.25. The number of carboxylic acids is 1. The van der Waals surface area contributed by atoms with Crippen LogP contribution in [0.4, 0.5) is 0 Å². The number of rotatable bonds is 14. The molecule has 11 nitrogen and oxygen atoms in total. The first-order valence-electron chi connectivity index (χ1n) is 11.4. The van der Waals surface area contributed by atoms with Crippen molar-refractivity contribution in [3.63, 3.8) is 0 Å². The SMILES string of the molecule is NCC(=O)NC(CCC(N)=O)C(=O)NC(Cc1ccccc1)C(=O)NC(Cc1ccccc1)C(=O)O. The number of carboxylic acid groups (broad SMARTS) is 1. The minimum Gasteiger partial charge on any atom is -0.480 e. The summed E-state index contributed by atoms with van der Waals surface area (Å²) in [5.41, 5.74) is 11.9. The van der Waals surface area contributed by atoms with Crippen molar-refractivity contribution in [1.29, 1.82) is 0 Å². The van der Waals surface area contributed by atoms with Crippen molar-refractivity contribution >= 4 is 29.6 Å². The molecule has 0 aliphatic carbocycles. The summed E-state index contributed by atoms with van der Waals surface area (Å²) < 4.78 is 0. The minimum absolute atomic E-state index is 0.0434. The molecule has 0 radical (unpaired) electrons. The molecule has 0 heterocycles. The second-order valence-electron chi connectivity index (χ2n) is 8.17. The van der Waals surface area contributed by atoms with Gasteiger partial charge in [-0.25, -0.2) is 4.79 Å². The normalized spacial score (nSPS) is 13.0. The van der Waals surface area contributed by atoms with Gasteiger partial charge in [-0.3, -0.25) is 19.2 Å². The van der Waals surface area contributed by atoms with E-state index >= 15 is 0 Å². The number of nitrogens with two attached hydrogens (primary N) is 2. The fourth-order valence-corrected chi connectivity index (χ4v) is 3.46. The maximum Gasteiger partial charge on any atom is 0.326 e. The van der Waals surface area contributed by atoms with E-state index < -0.39 is 47.7 Å². The van der Waals surface area contributed by atoms with E-state index in [0.29, 0.717) is 11.1 Å². The number of benzene rings is 2. The Balaban J connectivity index is 2.23. The highest BCUT2D eigenvalue weighted by Crippen LogP contribution is 2.08. The maximum atomic E-state index is 13.2. The highest BCUT2D eigenvalue weighted by Gasteiger charge is 2.30. The van der Waals surface area contributed by atoms with Crippen molar-refractivity contribution in [2.75, 3.05) is 6.54 Å². The molecule has 192 valence electrons. The Kier molecular flexibility index (Phi) is 11.1. The quantitative estimate of drug-likeness (QED) is 0.197. The second kappa shape index (κ2) is 14.2. The van der Waals surface area contributed by atoms with Crippen molar-refractivity contribution in [3.05, 3.63) is 71.8 Å². The summed E-state index contributed by atoms with van der Waals surface area (Å²) in [7, 11) is 0. The summed E-state index contributed by atoms with van der Waals surface area (Å²) in [4.78, 5) is 61.1. The molecule has 3 atom stereocenters. The van der Waals surface area contributed by atoms with Crippen LogP contribution in [-0.2, 0) is 36.8 Å². The first-order chi connectivity index (χ1) is 17.2. The van der Waals surface area contributed by atoms with E-state index in [4.69, 9.17) is 11.5 Å². The van der Waals surface area contributed by atoms with Gasteiger partial charge in [-0.2, -0.15) is 0 Å². The largest absolute Gasteiger partial charge is 0.480 e. The molecule has 2 aromatic rings. The Labute approximate surface area is 208 Å². The Morgan fingerprint density at radius 1 is 0.722 bits per heavy atom. The van der Waals surface area contributed by atoms with E-state index in [1.54, 1.807) is 60.7 Å². The van der Waals surface area contributed by atoms with Crippen LogP contribution in [0.5, 0.6) is 0 Å². The van der Waals surface area contributed by atoms with Gasteiger partial charge in [0, 0.05) is 19.3 Å². The molecular weight excluding hydrogens is 466 g/mol. The van der Waals surface area contributed by atoms with E-state index in [1.165, 1.54) is 0 Å². The van der Waals surface area contributed by atoms with E-state index in [1.807, 2.05) is 0 Å². The third-order valence-corrected chi connectivity index (χ3v) is 5.33. The summed E-state index contributed by atoms with van der Waals surface area (Å²) in [6, 6.07) is 14.1. The van der Waals surface area contributed by atoms with Crippen LogP contribution in [0.15, 0.2) is 60.7 Å². The molecule has 0 bridgehead atoms. The lowest BCUT2D eigenvalue weighted by molar-refractivity contribution is -0.142. The zero-order valence-electron chi connectivity index (χ0n) is 19.7. The van der Waals surface area contributed by atoms with E-state index in [2.05, 4.69) is 16.0 Å². The zero-order chi connectivity index (χ0) is 26.5. The van der Waals surface area contributed by atoms with Gasteiger partial charge in [0.15, 0.2) is 0 Å². The molecule has 0 saturated heterocycles. The molecule has 0 spiro atoms. The van der Waals surface area contributed by atoms with Crippen LogP contribution >= 0.6 is 0 Å². The van der Waals surface area contributed by atoms with Gasteiger partial charge in [-0.1, -0.05) is 60.7 Å². The number of amides is 4. The number of hydrogen-bond acceptors (Lipinski definition) is 6. The Morgan fingerprint density at radius 3 is 1.67 bits per heavy atom. The van der Waals surface area contributed by atoms with Crippen molar-refractivity contribution in [3.8, 4) is 0 Å². The molecule has 3 unspecified atom stereocenters. The van der Waals surface area contributed by atoms with Crippen LogP contribution < -0.4 is 27.4 Å². The van der Waals surface area contributed by atoms with Crippen LogP contribution in [0.1, 0.15) is 24.0 Å². The van der Waals surface area contributed by atoms with Crippen LogP contribution in [-0.4, -0.2) is 59.4 Å². The molecule has 4 amide bonds. The van der Waals surface area contributed by atoms with Crippen LogP contribution in [0.3, 0.4) is 0 Å². The van der Waals surface area contributed by atoms with Gasteiger partial charge in [0.25, 0.3) is 0 Å². The molecule has 2 rings (SSSR count). The van der Waals surface area contributed by atoms with E-state index in [0.717, 1.165) is 0 Å². The van der Waals surface area contributed by atoms with Crippen molar-refractivity contribution < 1.29 is 29.1 Å². The number of primary amides is 1. The Bertz CT molecular complexity index is 1050. The second-order valence-corrected chi connectivity index (χ2v) is 8.17. The van der Waals surface area contributed by atoms with Gasteiger partial charge >= 0.3 is 5.97 Å². The third-order valence-electron chi connectivity index (χ3n) is 5.33. The molecule has 0 aliphatic rings. The first-order valence-corrected chi connectivity index (χ1v) is 11.4. The molecule has 0 saturated carbocycles. The summed E-state index contributed by atoms with van der Waals surface area (Å²) in [5, 5.41) is 17.2. The maximum absolute atomic E-state index is 13.2. The highest BCUT2D eigenvalue weighted by atomic mass is 16.4. The summed E-state index contributed by atoms with van der Waals surface area (Å²) >= 11 is 0. The molecule has 2 aromatic carbocycles. The average molecular weight is 498 g/mol. The first kappa shape index (κ1) is 28.0. The number of carbonyl (C=O) groups is 5. The van der Waals surface area contributed by atoms with Gasteiger partial charge in [0.2, 0.25) is 23.6 Å². The molecule has 0 aromatic heterocycles. The molecular formula is C25H31N5O6. The smallest absolute Gasteiger partial charge is 0.326 e. The number of hydrogen-bond donors (Lipinski definition) is 6. The van der Waals surface area contributed by atoms with Crippen molar-refractivity contribution in [2.24, 2.45) is 11.5 Å². The summed E-state index contributed by atoms with van der Waals surface area (Å²) in [6.07, 6.45) is -0.180. The lowest BCUT2D eigenvalue weighted by Crippen LogP contribution is -2.57. The van der Waals surface area contributed by atoms with Gasteiger partial charge in [-0.15, -0.1) is 0 Å². The molecule has 11 heteroatoms.